The number of aliphatic hydroxyl groups excluding tert-OH is 1. The first-order chi connectivity index (χ1) is 15.2. The lowest BCUT2D eigenvalue weighted by Gasteiger charge is -2.58. The Morgan fingerprint density at radius 2 is 2.00 bits per heavy atom. The largest absolute Gasteiger partial charge is 0.493 e. The molecule has 2 fully saturated rings. The molecular weight excluding hydrogens is 394 g/mol. The van der Waals surface area contributed by atoms with Crippen LogP contribution in [0.1, 0.15) is 57.9 Å². The highest BCUT2D eigenvalue weighted by atomic mass is 16.5. The molecule has 7 nitrogen and oxygen atoms in total. The Hall–Kier alpha value is -1.99. The van der Waals surface area contributed by atoms with Crippen molar-refractivity contribution in [2.75, 3.05) is 33.5 Å². The standard InChI is InChI=1S/C24H39N3O4/c1-4-25-23(26-17-18-9-10-19(31-14-13-28)20(15-18)29-3)27-21-16-22(30-5-2)24(21)11-7-6-8-12-24/h9-10,15,21-22,28H,4-8,11-14,16-17H2,1-3H3,(H2,25,26,27). The summed E-state index contributed by atoms with van der Waals surface area (Å²) in [5, 5.41) is 16.1. The lowest BCUT2D eigenvalue weighted by atomic mass is 9.55. The van der Waals surface area contributed by atoms with Gasteiger partial charge in [0.15, 0.2) is 17.5 Å². The predicted molar refractivity (Wildman–Crippen MR) is 123 cm³/mol. The van der Waals surface area contributed by atoms with Gasteiger partial charge in [-0.1, -0.05) is 25.3 Å². The van der Waals surface area contributed by atoms with E-state index in [1.54, 1.807) is 7.11 Å². The van der Waals surface area contributed by atoms with Crippen LogP contribution in [0.15, 0.2) is 23.2 Å². The van der Waals surface area contributed by atoms with Crippen LogP contribution in [0.5, 0.6) is 11.5 Å². The van der Waals surface area contributed by atoms with Crippen molar-refractivity contribution < 1.29 is 19.3 Å². The summed E-state index contributed by atoms with van der Waals surface area (Å²) < 4.78 is 17.1. The molecule has 174 valence electrons. The van der Waals surface area contributed by atoms with Crippen molar-refractivity contribution in [2.24, 2.45) is 10.4 Å². The number of aliphatic imine (C=N–C) groups is 1. The second kappa shape index (κ2) is 11.6. The first-order valence-corrected chi connectivity index (χ1v) is 11.7. The van der Waals surface area contributed by atoms with E-state index in [0.29, 0.717) is 30.2 Å². The van der Waals surface area contributed by atoms with Crippen molar-refractivity contribution in [3.63, 3.8) is 0 Å². The highest BCUT2D eigenvalue weighted by Gasteiger charge is 2.55. The SMILES string of the molecule is CCNC(=NCc1ccc(OCCO)c(OC)c1)NC1CC(OCC)C12CCCCC2. The van der Waals surface area contributed by atoms with Gasteiger partial charge < -0.3 is 30.0 Å². The molecule has 0 amide bonds. The van der Waals surface area contributed by atoms with E-state index in [0.717, 1.165) is 31.1 Å². The van der Waals surface area contributed by atoms with Gasteiger partial charge in [0.2, 0.25) is 0 Å². The topological polar surface area (TPSA) is 84.3 Å². The van der Waals surface area contributed by atoms with E-state index >= 15 is 0 Å². The molecule has 0 heterocycles. The van der Waals surface area contributed by atoms with Crippen molar-refractivity contribution >= 4 is 5.96 Å². The highest BCUT2D eigenvalue weighted by Crippen LogP contribution is 2.53. The van der Waals surface area contributed by atoms with Crippen molar-refractivity contribution in [1.29, 1.82) is 0 Å². The predicted octanol–water partition coefficient (Wildman–Crippen LogP) is 3.25. The van der Waals surface area contributed by atoms with E-state index in [2.05, 4.69) is 24.5 Å². The van der Waals surface area contributed by atoms with E-state index < -0.39 is 0 Å². The lowest BCUT2D eigenvalue weighted by Crippen LogP contribution is -2.66. The maximum atomic E-state index is 8.97. The number of methoxy groups -OCH3 is 1. The van der Waals surface area contributed by atoms with Crippen LogP contribution < -0.4 is 20.1 Å². The van der Waals surface area contributed by atoms with E-state index in [1.807, 2.05) is 18.2 Å². The Bertz CT molecular complexity index is 719. The summed E-state index contributed by atoms with van der Waals surface area (Å²) >= 11 is 0. The first kappa shape index (κ1) is 23.7. The molecule has 2 aliphatic carbocycles. The van der Waals surface area contributed by atoms with Gasteiger partial charge in [-0.15, -0.1) is 0 Å². The fraction of sp³-hybridized carbons (Fsp3) is 0.708. The Balaban J connectivity index is 1.67. The van der Waals surface area contributed by atoms with Crippen molar-refractivity contribution in [3.8, 4) is 11.5 Å². The Morgan fingerprint density at radius 3 is 2.68 bits per heavy atom. The highest BCUT2D eigenvalue weighted by molar-refractivity contribution is 5.80. The molecular formula is C24H39N3O4. The average molecular weight is 434 g/mol. The van der Waals surface area contributed by atoms with Gasteiger partial charge >= 0.3 is 0 Å². The minimum Gasteiger partial charge on any atom is -0.493 e. The molecule has 0 radical (unpaired) electrons. The van der Waals surface area contributed by atoms with Crippen LogP contribution >= 0.6 is 0 Å². The molecule has 2 atom stereocenters. The molecule has 0 aromatic heterocycles. The summed E-state index contributed by atoms with van der Waals surface area (Å²) in [6.07, 6.45) is 7.81. The van der Waals surface area contributed by atoms with Gasteiger partial charge in [0.1, 0.15) is 6.61 Å². The maximum absolute atomic E-state index is 8.97. The molecule has 2 unspecified atom stereocenters. The van der Waals surface area contributed by atoms with Gasteiger partial charge in [-0.3, -0.25) is 0 Å². The van der Waals surface area contributed by atoms with E-state index in [4.69, 9.17) is 24.3 Å². The first-order valence-electron chi connectivity index (χ1n) is 11.7. The zero-order chi connectivity index (χ0) is 22.1. The summed E-state index contributed by atoms with van der Waals surface area (Å²) in [4.78, 5) is 4.84. The summed E-state index contributed by atoms with van der Waals surface area (Å²) in [6.45, 7) is 6.55. The third-order valence-corrected chi connectivity index (χ3v) is 6.59. The number of aliphatic hydroxyl groups is 1. The Kier molecular flexibility index (Phi) is 8.84. The summed E-state index contributed by atoms with van der Waals surface area (Å²) in [7, 11) is 1.62. The Labute approximate surface area is 186 Å². The molecule has 1 aromatic carbocycles. The molecule has 3 N–H and O–H groups in total. The molecule has 0 aliphatic heterocycles. The monoisotopic (exact) mass is 433 g/mol. The smallest absolute Gasteiger partial charge is 0.191 e. The quantitative estimate of drug-likeness (QED) is 0.388. The van der Waals surface area contributed by atoms with E-state index in [-0.39, 0.29) is 18.6 Å². The molecule has 31 heavy (non-hydrogen) atoms. The van der Waals surface area contributed by atoms with Crippen LogP contribution in [0, 0.1) is 5.41 Å². The number of hydrogen-bond donors (Lipinski definition) is 3. The molecule has 7 heteroatoms. The van der Waals surface area contributed by atoms with Gasteiger partial charge in [0, 0.05) is 24.6 Å². The third-order valence-electron chi connectivity index (χ3n) is 6.59. The number of ether oxygens (including phenoxy) is 3. The van der Waals surface area contributed by atoms with Crippen LogP contribution in [0.2, 0.25) is 0 Å². The van der Waals surface area contributed by atoms with Crippen molar-refractivity contribution in [2.45, 2.75) is 71.1 Å². The van der Waals surface area contributed by atoms with Gasteiger partial charge in [0.25, 0.3) is 0 Å². The zero-order valence-electron chi connectivity index (χ0n) is 19.3. The minimum atomic E-state index is -0.0280. The lowest BCUT2D eigenvalue weighted by molar-refractivity contribution is -0.145. The second-order valence-electron chi connectivity index (χ2n) is 8.42. The minimum absolute atomic E-state index is 0.0280. The third kappa shape index (κ3) is 5.63. The van der Waals surface area contributed by atoms with Gasteiger partial charge in [-0.2, -0.15) is 0 Å². The fourth-order valence-corrected chi connectivity index (χ4v) is 5.01. The van der Waals surface area contributed by atoms with Gasteiger partial charge in [-0.25, -0.2) is 4.99 Å². The zero-order valence-corrected chi connectivity index (χ0v) is 19.3. The molecule has 2 saturated carbocycles. The van der Waals surface area contributed by atoms with Crippen LogP contribution in [-0.2, 0) is 11.3 Å². The summed E-state index contributed by atoms with van der Waals surface area (Å²) in [5.74, 6) is 2.13. The average Bonchev–Trinajstić information content (AvgIpc) is 2.81. The number of nitrogens with zero attached hydrogens (tertiary/aromatic N) is 1. The second-order valence-corrected chi connectivity index (χ2v) is 8.42. The molecule has 1 aromatic rings. The van der Waals surface area contributed by atoms with Gasteiger partial charge in [-0.05, 0) is 50.8 Å². The molecule has 2 aliphatic rings. The number of nitrogens with one attached hydrogen (secondary N) is 2. The fourth-order valence-electron chi connectivity index (χ4n) is 5.01. The Morgan fingerprint density at radius 1 is 1.19 bits per heavy atom. The van der Waals surface area contributed by atoms with Crippen molar-refractivity contribution in [1.82, 2.24) is 10.6 Å². The number of benzene rings is 1. The number of guanidine groups is 1. The number of rotatable bonds is 10. The van der Waals surface area contributed by atoms with E-state index in [9.17, 15) is 0 Å². The number of hydrogen-bond acceptors (Lipinski definition) is 5. The van der Waals surface area contributed by atoms with Crippen LogP contribution in [-0.4, -0.2) is 56.7 Å². The van der Waals surface area contributed by atoms with Crippen LogP contribution in [0.4, 0.5) is 0 Å². The van der Waals surface area contributed by atoms with Gasteiger partial charge in [0.05, 0.1) is 26.4 Å². The van der Waals surface area contributed by atoms with E-state index in [1.165, 1.54) is 32.1 Å². The molecule has 3 rings (SSSR count). The maximum Gasteiger partial charge on any atom is 0.191 e. The summed E-state index contributed by atoms with van der Waals surface area (Å²) in [6, 6.07) is 6.21. The molecule has 1 spiro atoms. The molecule has 0 saturated heterocycles. The van der Waals surface area contributed by atoms with Crippen molar-refractivity contribution in [3.05, 3.63) is 23.8 Å². The van der Waals surface area contributed by atoms with Crippen LogP contribution in [0.3, 0.4) is 0 Å². The summed E-state index contributed by atoms with van der Waals surface area (Å²) in [5.41, 5.74) is 1.29. The normalized spacial score (nSPS) is 22.6. The van der Waals surface area contributed by atoms with Crippen LogP contribution in [0.25, 0.3) is 0 Å². The molecule has 0 bridgehead atoms.